The van der Waals surface area contributed by atoms with E-state index in [2.05, 4.69) is 59.3 Å². The minimum Gasteiger partial charge on any atom is -0.343 e. The molecule has 112 valence electrons. The van der Waals surface area contributed by atoms with Gasteiger partial charge in [-0.3, -0.25) is 0 Å². The molecule has 0 unspecified atom stereocenters. The van der Waals surface area contributed by atoms with E-state index in [4.69, 9.17) is 0 Å². The molecule has 4 rings (SSSR count). The molecule has 0 aliphatic heterocycles. The van der Waals surface area contributed by atoms with E-state index >= 15 is 0 Å². The zero-order valence-corrected chi connectivity index (χ0v) is 12.6. The summed E-state index contributed by atoms with van der Waals surface area (Å²) in [7, 11) is 0. The third-order valence-corrected chi connectivity index (χ3v) is 4.14. The standard InChI is InChI=1S/C21H16FN/c22-20-9-6-17(7-10-20)18-8-11-21-19(14-18)12-13-23(21)15-16-4-2-1-3-5-16/h1-14H,15H2. The second-order valence-corrected chi connectivity index (χ2v) is 5.71. The maximum atomic E-state index is 13.1. The average molecular weight is 301 g/mol. The summed E-state index contributed by atoms with van der Waals surface area (Å²) < 4.78 is 15.3. The highest BCUT2D eigenvalue weighted by molar-refractivity contribution is 5.85. The van der Waals surface area contributed by atoms with Crippen molar-refractivity contribution in [1.29, 1.82) is 0 Å². The molecule has 0 aliphatic rings. The van der Waals surface area contributed by atoms with Crippen molar-refractivity contribution in [3.8, 4) is 11.1 Å². The van der Waals surface area contributed by atoms with Gasteiger partial charge in [-0.15, -0.1) is 0 Å². The van der Waals surface area contributed by atoms with E-state index in [0.29, 0.717) is 0 Å². The van der Waals surface area contributed by atoms with E-state index in [1.54, 1.807) is 0 Å². The van der Waals surface area contributed by atoms with Gasteiger partial charge in [0.1, 0.15) is 5.82 Å². The van der Waals surface area contributed by atoms with Gasteiger partial charge in [0.05, 0.1) is 0 Å². The Labute approximate surface area is 134 Å². The van der Waals surface area contributed by atoms with Crippen LogP contribution in [0.4, 0.5) is 4.39 Å². The molecular formula is C21H16FN. The molecule has 0 amide bonds. The van der Waals surface area contributed by atoms with Crippen molar-refractivity contribution in [2.45, 2.75) is 6.54 Å². The quantitative estimate of drug-likeness (QED) is 0.471. The van der Waals surface area contributed by atoms with Gasteiger partial charge in [-0.2, -0.15) is 0 Å². The molecule has 2 heteroatoms. The van der Waals surface area contributed by atoms with Gasteiger partial charge < -0.3 is 4.57 Å². The van der Waals surface area contributed by atoms with Crippen LogP contribution in [0.5, 0.6) is 0 Å². The van der Waals surface area contributed by atoms with Gasteiger partial charge in [-0.05, 0) is 47.0 Å². The van der Waals surface area contributed by atoms with Crippen LogP contribution in [0.3, 0.4) is 0 Å². The maximum Gasteiger partial charge on any atom is 0.123 e. The van der Waals surface area contributed by atoms with Crippen molar-refractivity contribution in [3.63, 3.8) is 0 Å². The number of hydrogen-bond acceptors (Lipinski definition) is 0. The van der Waals surface area contributed by atoms with Crippen LogP contribution >= 0.6 is 0 Å². The SMILES string of the molecule is Fc1ccc(-c2ccc3c(ccn3Cc3ccccc3)c2)cc1. The number of benzene rings is 3. The van der Waals surface area contributed by atoms with E-state index in [1.807, 2.05) is 18.2 Å². The van der Waals surface area contributed by atoms with Gasteiger partial charge in [-0.25, -0.2) is 4.39 Å². The summed E-state index contributed by atoms with van der Waals surface area (Å²) in [6, 6.07) is 25.6. The number of nitrogens with zero attached hydrogens (tertiary/aromatic N) is 1. The Balaban J connectivity index is 1.70. The van der Waals surface area contributed by atoms with Crippen LogP contribution in [0.1, 0.15) is 5.56 Å². The molecule has 0 N–H and O–H groups in total. The summed E-state index contributed by atoms with van der Waals surface area (Å²) in [4.78, 5) is 0. The van der Waals surface area contributed by atoms with E-state index in [-0.39, 0.29) is 5.82 Å². The van der Waals surface area contributed by atoms with Gasteiger partial charge in [0.15, 0.2) is 0 Å². The van der Waals surface area contributed by atoms with Gasteiger partial charge in [0.25, 0.3) is 0 Å². The zero-order chi connectivity index (χ0) is 15.6. The van der Waals surface area contributed by atoms with E-state index in [1.165, 1.54) is 28.6 Å². The van der Waals surface area contributed by atoms with Crippen LogP contribution in [0.15, 0.2) is 85.1 Å². The molecule has 1 aromatic heterocycles. The van der Waals surface area contributed by atoms with Gasteiger partial charge in [0, 0.05) is 23.6 Å². The van der Waals surface area contributed by atoms with Crippen molar-refractivity contribution in [2.24, 2.45) is 0 Å². The first-order valence-corrected chi connectivity index (χ1v) is 7.68. The molecule has 0 fully saturated rings. The molecule has 1 nitrogen and oxygen atoms in total. The summed E-state index contributed by atoms with van der Waals surface area (Å²) in [5.74, 6) is -0.205. The average Bonchev–Trinajstić information content (AvgIpc) is 2.99. The van der Waals surface area contributed by atoms with Crippen LogP contribution in [-0.2, 0) is 6.54 Å². The van der Waals surface area contributed by atoms with E-state index < -0.39 is 0 Å². The lowest BCUT2D eigenvalue weighted by Crippen LogP contribution is -1.97. The van der Waals surface area contributed by atoms with Crippen molar-refractivity contribution in [3.05, 3.63) is 96.4 Å². The van der Waals surface area contributed by atoms with Crippen LogP contribution in [0, 0.1) is 5.82 Å². The predicted molar refractivity (Wildman–Crippen MR) is 92.9 cm³/mol. The maximum absolute atomic E-state index is 13.1. The highest BCUT2D eigenvalue weighted by Gasteiger charge is 2.05. The lowest BCUT2D eigenvalue weighted by Gasteiger charge is -2.07. The highest BCUT2D eigenvalue weighted by Crippen LogP contribution is 2.26. The first-order valence-electron chi connectivity index (χ1n) is 7.68. The van der Waals surface area contributed by atoms with E-state index in [0.717, 1.165) is 17.7 Å². The van der Waals surface area contributed by atoms with Crippen LogP contribution in [0.2, 0.25) is 0 Å². The van der Waals surface area contributed by atoms with Gasteiger partial charge in [-0.1, -0.05) is 48.5 Å². The number of aromatic nitrogens is 1. The fourth-order valence-corrected chi connectivity index (χ4v) is 2.94. The van der Waals surface area contributed by atoms with Gasteiger partial charge in [0.2, 0.25) is 0 Å². The predicted octanol–water partition coefficient (Wildman–Crippen LogP) is 5.50. The molecule has 0 bridgehead atoms. The fraction of sp³-hybridized carbons (Fsp3) is 0.0476. The molecule has 0 spiro atoms. The molecule has 4 aromatic rings. The summed E-state index contributed by atoms with van der Waals surface area (Å²) in [5, 5.41) is 1.20. The Kier molecular flexibility index (Phi) is 3.43. The molecule has 1 heterocycles. The molecule has 0 saturated carbocycles. The summed E-state index contributed by atoms with van der Waals surface area (Å²) in [6.45, 7) is 0.861. The topological polar surface area (TPSA) is 4.93 Å². The Bertz CT molecular complexity index is 937. The molecular weight excluding hydrogens is 285 g/mol. The minimum absolute atomic E-state index is 0.205. The number of fused-ring (bicyclic) bond motifs is 1. The number of halogens is 1. The number of rotatable bonds is 3. The Morgan fingerprint density at radius 3 is 2.26 bits per heavy atom. The molecule has 0 aliphatic carbocycles. The molecule has 0 radical (unpaired) electrons. The zero-order valence-electron chi connectivity index (χ0n) is 12.6. The highest BCUT2D eigenvalue weighted by atomic mass is 19.1. The normalized spacial score (nSPS) is 11.0. The fourth-order valence-electron chi connectivity index (χ4n) is 2.94. The molecule has 23 heavy (non-hydrogen) atoms. The monoisotopic (exact) mass is 301 g/mol. The first-order chi connectivity index (χ1) is 11.3. The Morgan fingerprint density at radius 1 is 0.739 bits per heavy atom. The molecule has 0 atom stereocenters. The summed E-state index contributed by atoms with van der Waals surface area (Å²) in [5.41, 5.74) is 4.63. The minimum atomic E-state index is -0.205. The van der Waals surface area contributed by atoms with Crippen LogP contribution in [0.25, 0.3) is 22.0 Å². The number of hydrogen-bond donors (Lipinski definition) is 0. The van der Waals surface area contributed by atoms with Crippen LogP contribution < -0.4 is 0 Å². The van der Waals surface area contributed by atoms with Crippen molar-refractivity contribution in [1.82, 2.24) is 4.57 Å². The van der Waals surface area contributed by atoms with Crippen LogP contribution in [-0.4, -0.2) is 4.57 Å². The molecule has 3 aromatic carbocycles. The third-order valence-electron chi connectivity index (χ3n) is 4.14. The van der Waals surface area contributed by atoms with Crippen molar-refractivity contribution >= 4 is 10.9 Å². The smallest absolute Gasteiger partial charge is 0.123 e. The lowest BCUT2D eigenvalue weighted by molar-refractivity contribution is 0.628. The second kappa shape index (κ2) is 5.73. The largest absolute Gasteiger partial charge is 0.343 e. The van der Waals surface area contributed by atoms with E-state index in [9.17, 15) is 4.39 Å². The third kappa shape index (κ3) is 2.76. The summed E-state index contributed by atoms with van der Waals surface area (Å²) in [6.07, 6.45) is 2.12. The first kappa shape index (κ1) is 13.8. The summed E-state index contributed by atoms with van der Waals surface area (Å²) >= 11 is 0. The molecule has 0 saturated heterocycles. The Hall–Kier alpha value is -2.87. The Morgan fingerprint density at radius 2 is 1.48 bits per heavy atom. The van der Waals surface area contributed by atoms with Crippen molar-refractivity contribution < 1.29 is 4.39 Å². The van der Waals surface area contributed by atoms with Gasteiger partial charge >= 0.3 is 0 Å². The lowest BCUT2D eigenvalue weighted by atomic mass is 10.0. The van der Waals surface area contributed by atoms with Crippen molar-refractivity contribution in [2.75, 3.05) is 0 Å². The second-order valence-electron chi connectivity index (χ2n) is 5.71.